The lowest BCUT2D eigenvalue weighted by Gasteiger charge is -2.23. The van der Waals surface area contributed by atoms with Crippen LogP contribution in [-0.2, 0) is 24.8 Å². The molecule has 0 radical (unpaired) electrons. The molecule has 3 rings (SSSR count). The van der Waals surface area contributed by atoms with Gasteiger partial charge in [-0.05, 0) is 61.0 Å². The number of rotatable bonds is 10. The Hall–Kier alpha value is -2.86. The first-order chi connectivity index (χ1) is 16.5. The molecule has 2 aromatic carbocycles. The van der Waals surface area contributed by atoms with Gasteiger partial charge in [-0.15, -0.1) is 0 Å². The molecule has 186 valence electrons. The number of carbonyl (C=O) groups excluding carboxylic acids is 1. The molecule has 0 atom stereocenters. The van der Waals surface area contributed by atoms with Gasteiger partial charge in [0, 0.05) is 29.9 Å². The number of halogens is 2. The molecule has 0 fully saturated rings. The van der Waals surface area contributed by atoms with Crippen molar-refractivity contribution in [3.05, 3.63) is 76.9 Å². The van der Waals surface area contributed by atoms with Crippen LogP contribution in [-0.4, -0.2) is 40.5 Å². The van der Waals surface area contributed by atoms with Crippen LogP contribution in [0.1, 0.15) is 12.8 Å². The predicted octanol–water partition coefficient (Wildman–Crippen LogP) is 4.37. The molecule has 35 heavy (non-hydrogen) atoms. The van der Waals surface area contributed by atoms with E-state index in [2.05, 4.69) is 15.0 Å². The molecule has 0 aliphatic rings. The maximum Gasteiger partial charge on any atom is 0.263 e. The number of hydrogen-bond donors (Lipinski definition) is 2. The van der Waals surface area contributed by atoms with Crippen LogP contribution in [0.2, 0.25) is 10.0 Å². The Balaban J connectivity index is 1.59. The average Bonchev–Trinajstić information content (AvgIpc) is 2.78. The number of hydrogen-bond acceptors (Lipinski definition) is 6. The molecule has 9 nitrogen and oxygen atoms in total. The molecule has 0 bridgehead atoms. The van der Waals surface area contributed by atoms with E-state index in [9.17, 15) is 21.6 Å². The smallest absolute Gasteiger partial charge is 0.263 e. The minimum Gasteiger partial charge on any atom is -0.326 e. The highest BCUT2D eigenvalue weighted by Crippen LogP contribution is 2.31. The Morgan fingerprint density at radius 3 is 2.34 bits per heavy atom. The molecule has 0 saturated carbocycles. The molecule has 0 unspecified atom stereocenters. The molecule has 13 heteroatoms. The summed E-state index contributed by atoms with van der Waals surface area (Å²) in [5.74, 6) is -0.176. The number of sulfonamides is 2. The number of nitrogens with zero attached hydrogens (tertiary/aromatic N) is 2. The second-order valence-corrected chi connectivity index (χ2v) is 11.9. The van der Waals surface area contributed by atoms with Crippen LogP contribution in [0.5, 0.6) is 0 Å². The summed E-state index contributed by atoms with van der Waals surface area (Å²) in [4.78, 5) is 16.3. The zero-order valence-electron chi connectivity index (χ0n) is 18.5. The average molecular weight is 557 g/mol. The molecule has 0 aliphatic heterocycles. The van der Waals surface area contributed by atoms with E-state index in [1.165, 1.54) is 48.7 Å². The normalized spacial score (nSPS) is 11.6. The van der Waals surface area contributed by atoms with Crippen molar-refractivity contribution >= 4 is 66.3 Å². The summed E-state index contributed by atoms with van der Waals surface area (Å²) < 4.78 is 52.9. The summed E-state index contributed by atoms with van der Waals surface area (Å²) in [7, 11) is -7.50. The molecular weight excluding hydrogens is 535 g/mol. The van der Waals surface area contributed by atoms with E-state index in [0.29, 0.717) is 10.7 Å². The molecule has 1 amide bonds. The fourth-order valence-electron chi connectivity index (χ4n) is 3.09. The van der Waals surface area contributed by atoms with Crippen LogP contribution >= 0.6 is 23.2 Å². The van der Waals surface area contributed by atoms with Crippen molar-refractivity contribution in [2.75, 3.05) is 27.1 Å². The largest absolute Gasteiger partial charge is 0.326 e. The first kappa shape index (κ1) is 26.7. The number of anilines is 3. The Kier molecular flexibility index (Phi) is 8.60. The third-order valence-corrected chi connectivity index (χ3v) is 7.80. The SMILES string of the molecule is CS(=O)(=O)N(CCCC(=O)Nc1ccc(S(=O)(=O)Nc2ccccn2)cc1)c1cc(Cl)ccc1Cl. The maximum atomic E-state index is 12.5. The number of amides is 1. The van der Waals surface area contributed by atoms with E-state index in [4.69, 9.17) is 23.2 Å². The van der Waals surface area contributed by atoms with E-state index in [1.54, 1.807) is 18.2 Å². The molecule has 1 heterocycles. The molecular formula is C22H22Cl2N4O5S2. The number of benzene rings is 2. The fraction of sp³-hybridized carbons (Fsp3) is 0.182. The minimum absolute atomic E-state index is 0.00310. The Labute approximate surface area is 214 Å². The van der Waals surface area contributed by atoms with Crippen LogP contribution in [0.4, 0.5) is 17.2 Å². The summed E-state index contributed by atoms with van der Waals surface area (Å²) in [5.41, 5.74) is 0.628. The summed E-state index contributed by atoms with van der Waals surface area (Å²) in [5, 5.41) is 3.21. The standard InChI is InChI=1S/C22H22Cl2N4O5S2/c1-34(30,31)28(20-15-16(23)7-12-19(20)24)14-4-6-22(29)26-17-8-10-18(11-9-17)35(32,33)27-21-5-2-3-13-25-21/h2-3,5,7-13,15H,4,6,14H2,1H3,(H,25,27)(H,26,29). The van der Waals surface area contributed by atoms with E-state index in [1.807, 2.05) is 0 Å². The highest BCUT2D eigenvalue weighted by Gasteiger charge is 2.21. The molecule has 0 spiro atoms. The summed E-state index contributed by atoms with van der Waals surface area (Å²) >= 11 is 12.1. The third kappa shape index (κ3) is 7.56. The van der Waals surface area contributed by atoms with Crippen molar-refractivity contribution in [3.63, 3.8) is 0 Å². The maximum absolute atomic E-state index is 12.5. The van der Waals surface area contributed by atoms with Gasteiger partial charge in [-0.3, -0.25) is 13.8 Å². The lowest BCUT2D eigenvalue weighted by molar-refractivity contribution is -0.116. The topological polar surface area (TPSA) is 126 Å². The first-order valence-corrected chi connectivity index (χ1v) is 14.3. The van der Waals surface area contributed by atoms with Crippen LogP contribution in [0.15, 0.2) is 71.8 Å². The number of aromatic nitrogens is 1. The number of pyridine rings is 1. The van der Waals surface area contributed by atoms with Gasteiger partial charge in [0.15, 0.2) is 0 Å². The van der Waals surface area contributed by atoms with Gasteiger partial charge < -0.3 is 5.32 Å². The first-order valence-electron chi connectivity index (χ1n) is 10.2. The van der Waals surface area contributed by atoms with E-state index >= 15 is 0 Å². The minimum atomic E-state index is -3.84. The highest BCUT2D eigenvalue weighted by atomic mass is 35.5. The Morgan fingerprint density at radius 1 is 1.00 bits per heavy atom. The van der Waals surface area contributed by atoms with Crippen LogP contribution in [0.3, 0.4) is 0 Å². The predicted molar refractivity (Wildman–Crippen MR) is 138 cm³/mol. The summed E-state index contributed by atoms with van der Waals surface area (Å²) in [6.45, 7) is 0.0166. The van der Waals surface area contributed by atoms with E-state index in [0.717, 1.165) is 10.6 Å². The number of carbonyl (C=O) groups is 1. The lowest BCUT2D eigenvalue weighted by atomic mass is 10.2. The third-order valence-electron chi connectivity index (χ3n) is 4.69. The van der Waals surface area contributed by atoms with Crippen molar-refractivity contribution < 1.29 is 21.6 Å². The van der Waals surface area contributed by atoms with Gasteiger partial charge in [0.1, 0.15) is 5.82 Å². The van der Waals surface area contributed by atoms with Gasteiger partial charge in [-0.2, -0.15) is 0 Å². The fourth-order valence-corrected chi connectivity index (χ4v) is 5.50. The van der Waals surface area contributed by atoms with Gasteiger partial charge in [0.2, 0.25) is 15.9 Å². The van der Waals surface area contributed by atoms with Crippen molar-refractivity contribution in [2.45, 2.75) is 17.7 Å². The monoisotopic (exact) mass is 556 g/mol. The molecule has 3 aromatic rings. The zero-order chi connectivity index (χ0) is 25.6. The van der Waals surface area contributed by atoms with Crippen LogP contribution < -0.4 is 14.3 Å². The Morgan fingerprint density at radius 2 is 1.71 bits per heavy atom. The van der Waals surface area contributed by atoms with E-state index < -0.39 is 20.0 Å². The lowest BCUT2D eigenvalue weighted by Crippen LogP contribution is -2.31. The number of nitrogens with one attached hydrogen (secondary N) is 2. The van der Waals surface area contributed by atoms with Crippen LogP contribution in [0, 0.1) is 0 Å². The molecule has 1 aromatic heterocycles. The van der Waals surface area contributed by atoms with Crippen molar-refractivity contribution in [1.82, 2.24) is 4.98 Å². The Bertz CT molecular complexity index is 1400. The second-order valence-electron chi connectivity index (χ2n) is 7.43. The van der Waals surface area contributed by atoms with Crippen molar-refractivity contribution in [2.24, 2.45) is 0 Å². The van der Waals surface area contributed by atoms with Crippen LogP contribution in [0.25, 0.3) is 0 Å². The van der Waals surface area contributed by atoms with E-state index in [-0.39, 0.29) is 46.7 Å². The summed E-state index contributed by atoms with van der Waals surface area (Å²) in [6.07, 6.45) is 2.74. The van der Waals surface area contributed by atoms with Gasteiger partial charge in [0.25, 0.3) is 10.0 Å². The molecule has 0 aliphatic carbocycles. The van der Waals surface area contributed by atoms with Crippen molar-refractivity contribution in [3.8, 4) is 0 Å². The van der Waals surface area contributed by atoms with Gasteiger partial charge in [-0.1, -0.05) is 29.3 Å². The van der Waals surface area contributed by atoms with Gasteiger partial charge >= 0.3 is 0 Å². The van der Waals surface area contributed by atoms with Gasteiger partial charge in [-0.25, -0.2) is 21.8 Å². The zero-order valence-corrected chi connectivity index (χ0v) is 21.6. The van der Waals surface area contributed by atoms with Gasteiger partial charge in [0.05, 0.1) is 21.9 Å². The highest BCUT2D eigenvalue weighted by molar-refractivity contribution is 7.92. The van der Waals surface area contributed by atoms with Crippen molar-refractivity contribution in [1.29, 1.82) is 0 Å². The molecule has 0 saturated heterocycles. The second kappa shape index (κ2) is 11.3. The molecule has 2 N–H and O–H groups in total. The quantitative estimate of drug-likeness (QED) is 0.381. The summed E-state index contributed by atoms with van der Waals surface area (Å²) in [6, 6.07) is 15.0.